The topological polar surface area (TPSA) is 49.6 Å². The number of para-hydroxylation sites is 1. The van der Waals surface area contributed by atoms with Crippen LogP contribution in [0.1, 0.15) is 0 Å². The summed E-state index contributed by atoms with van der Waals surface area (Å²) in [4.78, 5) is 18.6. The molecule has 0 bridgehead atoms. The van der Waals surface area contributed by atoms with Gasteiger partial charge in [0.05, 0.1) is 17.4 Å². The highest BCUT2D eigenvalue weighted by atomic mass is 15.3. The smallest absolute Gasteiger partial charge is 0.137 e. The molecule has 4 aromatic heterocycles. The van der Waals surface area contributed by atoms with E-state index < -0.39 is 0 Å². The van der Waals surface area contributed by atoms with Crippen molar-refractivity contribution >= 4 is 22.4 Å². The van der Waals surface area contributed by atoms with E-state index in [1.54, 1.807) is 0 Å². The molecular weight excluding hydrogens is 396 g/mol. The third-order valence-corrected chi connectivity index (χ3v) is 6.35. The maximum absolute atomic E-state index is 4.74. The molecule has 6 rings (SSSR count). The number of likely N-dealkylation sites (N-methyl/N-ethyl adjacent to an activating group) is 1. The first-order chi connectivity index (χ1) is 15.8. The molecule has 0 unspecified atom stereocenters. The van der Waals surface area contributed by atoms with Gasteiger partial charge < -0.3 is 9.80 Å². The van der Waals surface area contributed by atoms with E-state index in [9.17, 15) is 0 Å². The minimum Gasteiger partial charge on any atom is -0.354 e. The minimum absolute atomic E-state index is 0.918. The first-order valence-electron chi connectivity index (χ1n) is 11.0. The molecule has 0 radical (unpaired) electrons. The standard InChI is InChI=1S/C26H24N6/c1-30-12-14-31(15-13-30)25-7-6-20(17-28-25)19-9-11-32-24(18-29-26(32)16-19)22-8-10-27-23-5-3-2-4-21(22)23/h2-11,16-18H,12-15H2,1H3. The quantitative estimate of drug-likeness (QED) is 0.434. The number of benzene rings is 1. The Kier molecular flexibility index (Phi) is 4.58. The van der Waals surface area contributed by atoms with Gasteiger partial charge >= 0.3 is 0 Å². The van der Waals surface area contributed by atoms with Gasteiger partial charge in [-0.25, -0.2) is 9.97 Å². The number of fused-ring (bicyclic) bond motifs is 2. The molecule has 0 atom stereocenters. The molecule has 1 saturated heterocycles. The molecule has 1 aliphatic rings. The number of piperazine rings is 1. The Morgan fingerprint density at radius 2 is 1.66 bits per heavy atom. The van der Waals surface area contributed by atoms with Gasteiger partial charge in [0, 0.05) is 61.3 Å². The molecule has 5 aromatic rings. The van der Waals surface area contributed by atoms with Crippen molar-refractivity contribution in [3.05, 3.63) is 79.4 Å². The van der Waals surface area contributed by atoms with Crippen molar-refractivity contribution in [2.24, 2.45) is 0 Å². The Balaban J connectivity index is 1.33. The Hall–Kier alpha value is -3.77. The van der Waals surface area contributed by atoms with E-state index in [4.69, 9.17) is 9.97 Å². The molecule has 1 aliphatic heterocycles. The van der Waals surface area contributed by atoms with Crippen molar-refractivity contribution in [1.29, 1.82) is 0 Å². The van der Waals surface area contributed by atoms with Crippen LogP contribution in [-0.2, 0) is 0 Å². The van der Waals surface area contributed by atoms with Gasteiger partial charge in [-0.15, -0.1) is 0 Å². The van der Waals surface area contributed by atoms with Crippen LogP contribution in [-0.4, -0.2) is 57.5 Å². The van der Waals surface area contributed by atoms with Crippen LogP contribution >= 0.6 is 0 Å². The fourth-order valence-corrected chi connectivity index (χ4v) is 4.46. The SMILES string of the molecule is CN1CCN(c2ccc(-c3ccn4c(-c5ccnc6ccccc56)cnc4c3)cn2)CC1. The Labute approximate surface area is 186 Å². The van der Waals surface area contributed by atoms with Gasteiger partial charge in [-0.05, 0) is 49.0 Å². The second-order valence-corrected chi connectivity index (χ2v) is 8.36. The number of pyridine rings is 3. The lowest BCUT2D eigenvalue weighted by atomic mass is 10.1. The molecule has 32 heavy (non-hydrogen) atoms. The van der Waals surface area contributed by atoms with Crippen LogP contribution in [0.15, 0.2) is 79.4 Å². The lowest BCUT2D eigenvalue weighted by molar-refractivity contribution is 0.312. The third-order valence-electron chi connectivity index (χ3n) is 6.35. The molecule has 0 saturated carbocycles. The fourth-order valence-electron chi connectivity index (χ4n) is 4.46. The molecule has 6 heteroatoms. The summed E-state index contributed by atoms with van der Waals surface area (Å²) in [5.41, 5.74) is 6.32. The molecule has 0 spiro atoms. The van der Waals surface area contributed by atoms with Crippen LogP contribution < -0.4 is 4.90 Å². The third kappa shape index (κ3) is 3.29. The van der Waals surface area contributed by atoms with Crippen LogP contribution in [0.3, 0.4) is 0 Å². The summed E-state index contributed by atoms with van der Waals surface area (Å²) in [6, 6.07) is 18.8. The molecule has 5 heterocycles. The number of rotatable bonds is 3. The zero-order valence-electron chi connectivity index (χ0n) is 18.0. The Bertz CT molecular complexity index is 1390. The number of hydrogen-bond acceptors (Lipinski definition) is 5. The summed E-state index contributed by atoms with van der Waals surface area (Å²) in [5, 5.41) is 1.13. The molecule has 0 N–H and O–H groups in total. The van der Waals surface area contributed by atoms with Gasteiger partial charge in [0.25, 0.3) is 0 Å². The lowest BCUT2D eigenvalue weighted by Crippen LogP contribution is -2.44. The van der Waals surface area contributed by atoms with Crippen molar-refractivity contribution in [2.75, 3.05) is 38.1 Å². The van der Waals surface area contributed by atoms with Crippen LogP contribution in [0.2, 0.25) is 0 Å². The van der Waals surface area contributed by atoms with Gasteiger partial charge in [0.15, 0.2) is 0 Å². The average Bonchev–Trinajstić information content (AvgIpc) is 3.27. The van der Waals surface area contributed by atoms with E-state index in [0.717, 1.165) is 70.9 Å². The van der Waals surface area contributed by atoms with E-state index in [1.807, 2.05) is 36.8 Å². The van der Waals surface area contributed by atoms with Gasteiger partial charge in [0.1, 0.15) is 11.5 Å². The molecular formula is C26H24N6. The van der Waals surface area contributed by atoms with Crippen molar-refractivity contribution < 1.29 is 0 Å². The molecule has 0 amide bonds. The number of aromatic nitrogens is 4. The van der Waals surface area contributed by atoms with Crippen molar-refractivity contribution in [1.82, 2.24) is 24.3 Å². The fraction of sp³-hybridized carbons (Fsp3) is 0.192. The molecule has 1 fully saturated rings. The predicted octanol–water partition coefficient (Wildman–Crippen LogP) is 4.36. The van der Waals surface area contributed by atoms with Gasteiger partial charge in [-0.2, -0.15) is 0 Å². The number of nitrogens with zero attached hydrogens (tertiary/aromatic N) is 6. The lowest BCUT2D eigenvalue weighted by Gasteiger charge is -2.33. The van der Waals surface area contributed by atoms with Crippen LogP contribution in [0.25, 0.3) is 38.9 Å². The number of hydrogen-bond donors (Lipinski definition) is 0. The highest BCUT2D eigenvalue weighted by Crippen LogP contribution is 2.29. The summed E-state index contributed by atoms with van der Waals surface area (Å²) in [5.74, 6) is 1.05. The Morgan fingerprint density at radius 3 is 2.50 bits per heavy atom. The van der Waals surface area contributed by atoms with Gasteiger partial charge in [-0.3, -0.25) is 9.38 Å². The predicted molar refractivity (Wildman–Crippen MR) is 129 cm³/mol. The highest BCUT2D eigenvalue weighted by molar-refractivity contribution is 5.93. The van der Waals surface area contributed by atoms with Gasteiger partial charge in [-0.1, -0.05) is 18.2 Å². The van der Waals surface area contributed by atoms with E-state index in [0.29, 0.717) is 0 Å². The zero-order chi connectivity index (χ0) is 21.5. The summed E-state index contributed by atoms with van der Waals surface area (Å²) < 4.78 is 2.14. The maximum atomic E-state index is 4.74. The molecule has 6 nitrogen and oxygen atoms in total. The van der Waals surface area contributed by atoms with E-state index in [-0.39, 0.29) is 0 Å². The van der Waals surface area contributed by atoms with Crippen LogP contribution in [0.5, 0.6) is 0 Å². The van der Waals surface area contributed by atoms with E-state index >= 15 is 0 Å². The van der Waals surface area contributed by atoms with Crippen molar-refractivity contribution in [3.63, 3.8) is 0 Å². The van der Waals surface area contributed by atoms with E-state index in [2.05, 4.69) is 68.8 Å². The van der Waals surface area contributed by atoms with Crippen molar-refractivity contribution in [3.8, 4) is 22.4 Å². The van der Waals surface area contributed by atoms with E-state index in [1.165, 1.54) is 0 Å². The highest BCUT2D eigenvalue weighted by Gasteiger charge is 2.15. The maximum Gasteiger partial charge on any atom is 0.137 e. The van der Waals surface area contributed by atoms with Crippen molar-refractivity contribution in [2.45, 2.75) is 0 Å². The molecule has 0 aliphatic carbocycles. The van der Waals surface area contributed by atoms with Crippen LogP contribution in [0, 0.1) is 0 Å². The summed E-state index contributed by atoms with van der Waals surface area (Å²) in [6.07, 6.45) is 7.87. The molecule has 1 aromatic carbocycles. The monoisotopic (exact) mass is 420 g/mol. The number of anilines is 1. The first-order valence-corrected chi connectivity index (χ1v) is 11.0. The normalized spacial score (nSPS) is 15.0. The second kappa shape index (κ2) is 7.73. The first kappa shape index (κ1) is 19.0. The molecule has 158 valence electrons. The Morgan fingerprint density at radius 1 is 0.781 bits per heavy atom. The number of imidazole rings is 1. The zero-order valence-corrected chi connectivity index (χ0v) is 18.0. The second-order valence-electron chi connectivity index (χ2n) is 8.36. The summed E-state index contributed by atoms with van der Waals surface area (Å²) in [6.45, 7) is 4.20. The summed E-state index contributed by atoms with van der Waals surface area (Å²) >= 11 is 0. The minimum atomic E-state index is 0.918. The average molecular weight is 421 g/mol. The van der Waals surface area contributed by atoms with Crippen LogP contribution in [0.4, 0.5) is 5.82 Å². The van der Waals surface area contributed by atoms with Gasteiger partial charge in [0.2, 0.25) is 0 Å². The summed E-state index contributed by atoms with van der Waals surface area (Å²) in [7, 11) is 2.17. The largest absolute Gasteiger partial charge is 0.354 e.